The van der Waals surface area contributed by atoms with E-state index in [1.54, 1.807) is 0 Å². The Morgan fingerprint density at radius 2 is 2.17 bits per heavy atom. The van der Waals surface area contributed by atoms with Crippen LogP contribution >= 0.6 is 0 Å². The van der Waals surface area contributed by atoms with Crippen LogP contribution in [0.1, 0.15) is 39.0 Å². The van der Waals surface area contributed by atoms with E-state index in [9.17, 15) is 4.79 Å². The molecule has 0 unspecified atom stereocenters. The van der Waals surface area contributed by atoms with Gasteiger partial charge in [-0.25, -0.2) is 0 Å². The molecule has 0 saturated carbocycles. The van der Waals surface area contributed by atoms with Gasteiger partial charge < -0.3 is 0 Å². The van der Waals surface area contributed by atoms with Crippen LogP contribution < -0.4 is 0 Å². The lowest BCUT2D eigenvalue weighted by Crippen LogP contribution is -2.54. The summed E-state index contributed by atoms with van der Waals surface area (Å²) in [4.78, 5) is 13.8. The average molecular weight is 167 g/mol. The minimum atomic E-state index is 0.230. The monoisotopic (exact) mass is 167 g/mol. The molecule has 2 fully saturated rings. The fraction of sp³-hybridized carbons (Fsp3) is 0.900. The van der Waals surface area contributed by atoms with Crippen LogP contribution in [0, 0.1) is 0 Å². The van der Waals surface area contributed by atoms with Crippen LogP contribution in [0.25, 0.3) is 0 Å². The quantitative estimate of drug-likeness (QED) is 0.546. The number of fused-ring (bicyclic) bond motifs is 1. The second-order valence-electron chi connectivity index (χ2n) is 4.41. The van der Waals surface area contributed by atoms with E-state index in [-0.39, 0.29) is 5.54 Å². The van der Waals surface area contributed by atoms with Crippen LogP contribution in [0.3, 0.4) is 0 Å². The maximum absolute atomic E-state index is 11.3. The summed E-state index contributed by atoms with van der Waals surface area (Å²) in [7, 11) is 0. The predicted octanol–water partition coefficient (Wildman–Crippen LogP) is 1.59. The molecule has 2 aliphatic heterocycles. The molecule has 0 amide bonds. The molecule has 68 valence electrons. The van der Waals surface area contributed by atoms with Crippen LogP contribution in [-0.4, -0.2) is 29.3 Å². The van der Waals surface area contributed by atoms with Crippen molar-refractivity contribution in [2.75, 3.05) is 13.1 Å². The highest BCUT2D eigenvalue weighted by Gasteiger charge is 2.38. The lowest BCUT2D eigenvalue weighted by molar-refractivity contribution is -0.127. The van der Waals surface area contributed by atoms with Gasteiger partial charge in [-0.15, -0.1) is 0 Å². The van der Waals surface area contributed by atoms with Gasteiger partial charge in [-0.2, -0.15) is 0 Å². The molecule has 0 aromatic heterocycles. The van der Waals surface area contributed by atoms with Crippen molar-refractivity contribution in [2.24, 2.45) is 0 Å². The van der Waals surface area contributed by atoms with Crippen molar-refractivity contribution in [2.45, 2.75) is 44.6 Å². The SMILES string of the molecule is C[C@]12CCCCN1CCC(=O)C2. The first-order valence-electron chi connectivity index (χ1n) is 4.97. The molecule has 0 spiro atoms. The largest absolute Gasteiger partial charge is 0.300 e. The zero-order valence-electron chi connectivity index (χ0n) is 7.81. The molecule has 2 heterocycles. The van der Waals surface area contributed by atoms with E-state index in [0.717, 1.165) is 19.4 Å². The van der Waals surface area contributed by atoms with Crippen LogP contribution in [0.5, 0.6) is 0 Å². The molecular weight excluding hydrogens is 150 g/mol. The molecule has 2 saturated heterocycles. The zero-order chi connectivity index (χ0) is 8.60. The molecule has 1 atom stereocenters. The summed E-state index contributed by atoms with van der Waals surface area (Å²) < 4.78 is 0. The number of rotatable bonds is 0. The highest BCUT2D eigenvalue weighted by atomic mass is 16.1. The van der Waals surface area contributed by atoms with Gasteiger partial charge in [-0.05, 0) is 26.3 Å². The van der Waals surface area contributed by atoms with Gasteiger partial charge in [0.1, 0.15) is 5.78 Å². The number of carbonyl (C=O) groups excluding carboxylic acids is 1. The van der Waals surface area contributed by atoms with E-state index < -0.39 is 0 Å². The fourth-order valence-corrected chi connectivity index (χ4v) is 2.59. The molecular formula is C10H17NO. The second kappa shape index (κ2) is 2.84. The number of Topliss-reactive ketones (excluding diaryl/α,β-unsaturated/α-hetero) is 1. The highest BCUT2D eigenvalue weighted by Crippen LogP contribution is 2.34. The number of ketones is 1. The smallest absolute Gasteiger partial charge is 0.136 e. The summed E-state index contributed by atoms with van der Waals surface area (Å²) in [6.45, 7) is 4.47. The molecule has 0 radical (unpaired) electrons. The van der Waals surface area contributed by atoms with Gasteiger partial charge in [-0.3, -0.25) is 9.69 Å². The van der Waals surface area contributed by atoms with Gasteiger partial charge >= 0.3 is 0 Å². The van der Waals surface area contributed by atoms with E-state index >= 15 is 0 Å². The van der Waals surface area contributed by atoms with E-state index in [4.69, 9.17) is 0 Å². The van der Waals surface area contributed by atoms with Crippen molar-refractivity contribution < 1.29 is 4.79 Å². The maximum atomic E-state index is 11.3. The van der Waals surface area contributed by atoms with E-state index in [1.807, 2.05) is 0 Å². The molecule has 12 heavy (non-hydrogen) atoms. The molecule has 2 nitrogen and oxygen atoms in total. The molecule has 0 aliphatic carbocycles. The van der Waals surface area contributed by atoms with Crippen LogP contribution in [-0.2, 0) is 4.79 Å². The fourth-order valence-electron chi connectivity index (χ4n) is 2.59. The van der Waals surface area contributed by atoms with Crippen molar-refractivity contribution in [1.29, 1.82) is 0 Å². The zero-order valence-corrected chi connectivity index (χ0v) is 7.81. The van der Waals surface area contributed by atoms with Gasteiger partial charge in [0, 0.05) is 24.9 Å². The number of piperidine rings is 2. The van der Waals surface area contributed by atoms with Gasteiger partial charge in [-0.1, -0.05) is 6.42 Å². The third kappa shape index (κ3) is 1.28. The Morgan fingerprint density at radius 3 is 3.00 bits per heavy atom. The summed E-state index contributed by atoms with van der Waals surface area (Å²) in [5.74, 6) is 0.468. The number of carbonyl (C=O) groups is 1. The molecule has 0 bridgehead atoms. The molecule has 2 aliphatic rings. The Balaban J connectivity index is 2.12. The van der Waals surface area contributed by atoms with Crippen LogP contribution in [0.2, 0.25) is 0 Å². The van der Waals surface area contributed by atoms with E-state index in [1.165, 1.54) is 25.8 Å². The Bertz CT molecular complexity index is 202. The van der Waals surface area contributed by atoms with Gasteiger partial charge in [0.2, 0.25) is 0 Å². The summed E-state index contributed by atoms with van der Waals surface area (Å²) >= 11 is 0. The lowest BCUT2D eigenvalue weighted by atomic mass is 9.80. The van der Waals surface area contributed by atoms with Crippen molar-refractivity contribution in [1.82, 2.24) is 4.90 Å². The molecule has 0 N–H and O–H groups in total. The standard InChI is InChI=1S/C10H17NO/c1-10-5-2-3-6-11(10)7-4-9(12)8-10/h2-8H2,1H3/t10-/m1/s1. The molecule has 2 rings (SSSR count). The topological polar surface area (TPSA) is 20.3 Å². The Kier molecular flexibility index (Phi) is 1.95. The first-order chi connectivity index (χ1) is 5.71. The summed E-state index contributed by atoms with van der Waals surface area (Å²) in [5, 5.41) is 0. The lowest BCUT2D eigenvalue weighted by Gasteiger charge is -2.47. The maximum Gasteiger partial charge on any atom is 0.136 e. The minimum Gasteiger partial charge on any atom is -0.300 e. The van der Waals surface area contributed by atoms with Crippen molar-refractivity contribution in [3.05, 3.63) is 0 Å². The first-order valence-corrected chi connectivity index (χ1v) is 4.97. The highest BCUT2D eigenvalue weighted by molar-refractivity contribution is 5.80. The Hall–Kier alpha value is -0.370. The molecule has 2 heteroatoms. The van der Waals surface area contributed by atoms with E-state index in [2.05, 4.69) is 11.8 Å². The summed E-state index contributed by atoms with van der Waals surface area (Å²) in [6.07, 6.45) is 5.44. The Labute approximate surface area is 73.9 Å². The third-order valence-electron chi connectivity index (χ3n) is 3.40. The summed E-state index contributed by atoms with van der Waals surface area (Å²) in [5.41, 5.74) is 0.230. The Morgan fingerprint density at radius 1 is 1.33 bits per heavy atom. The van der Waals surface area contributed by atoms with Crippen LogP contribution in [0.15, 0.2) is 0 Å². The first kappa shape index (κ1) is 8.24. The van der Waals surface area contributed by atoms with Crippen LogP contribution in [0.4, 0.5) is 0 Å². The summed E-state index contributed by atoms with van der Waals surface area (Å²) in [6, 6.07) is 0. The van der Waals surface area contributed by atoms with E-state index in [0.29, 0.717) is 5.78 Å². The van der Waals surface area contributed by atoms with Crippen molar-refractivity contribution in [3.63, 3.8) is 0 Å². The van der Waals surface area contributed by atoms with Crippen molar-refractivity contribution in [3.8, 4) is 0 Å². The third-order valence-corrected chi connectivity index (χ3v) is 3.40. The number of nitrogens with zero attached hydrogens (tertiary/aromatic N) is 1. The van der Waals surface area contributed by atoms with Gasteiger partial charge in [0.15, 0.2) is 0 Å². The number of hydrogen-bond acceptors (Lipinski definition) is 2. The molecule has 0 aromatic carbocycles. The van der Waals surface area contributed by atoms with Gasteiger partial charge in [0.25, 0.3) is 0 Å². The minimum absolute atomic E-state index is 0.230. The van der Waals surface area contributed by atoms with Gasteiger partial charge in [0.05, 0.1) is 0 Å². The number of hydrogen-bond donors (Lipinski definition) is 0. The molecule has 0 aromatic rings. The predicted molar refractivity (Wildman–Crippen MR) is 48.1 cm³/mol. The average Bonchev–Trinajstić information content (AvgIpc) is 2.02. The van der Waals surface area contributed by atoms with Crippen molar-refractivity contribution >= 4 is 5.78 Å². The normalized spacial score (nSPS) is 37.9. The second-order valence-corrected chi connectivity index (χ2v) is 4.41.